The normalized spacial score (nSPS) is 13.9. The second-order valence-electron chi connectivity index (χ2n) is 13.0. The molecule has 0 radical (unpaired) electrons. The van der Waals surface area contributed by atoms with Crippen molar-refractivity contribution in [3.05, 3.63) is 71.2 Å². The van der Waals surface area contributed by atoms with Crippen molar-refractivity contribution in [1.82, 2.24) is 14.9 Å². The molecule has 0 spiro atoms. The molecule has 2 aromatic heterocycles. The first-order valence-corrected chi connectivity index (χ1v) is 15.8. The van der Waals surface area contributed by atoms with Gasteiger partial charge >= 0.3 is 12.2 Å². The summed E-state index contributed by atoms with van der Waals surface area (Å²) in [6.45, 7) is 13.3. The maximum atomic E-state index is 13.6. The van der Waals surface area contributed by atoms with Crippen molar-refractivity contribution in [2.24, 2.45) is 0 Å². The minimum absolute atomic E-state index is 0.0727. The van der Waals surface area contributed by atoms with Gasteiger partial charge in [-0.2, -0.15) is 0 Å². The number of rotatable bonds is 6. The number of hydrogen-bond acceptors (Lipinski definition) is 9. The SMILES string of the molecule is CC(C)(C)OC(=O)Nc1ccc(-c2cccs2)cc1CC(=O)c1ccc2nc(N3CCN(C(=O)OC(C)(C)C)CC3)cnc2c1. The van der Waals surface area contributed by atoms with Crippen molar-refractivity contribution >= 4 is 51.8 Å². The van der Waals surface area contributed by atoms with Gasteiger partial charge in [0.25, 0.3) is 0 Å². The molecule has 0 aliphatic carbocycles. The van der Waals surface area contributed by atoms with Crippen LogP contribution in [0.1, 0.15) is 57.5 Å². The Morgan fingerprint density at radius 1 is 0.889 bits per heavy atom. The summed E-state index contributed by atoms with van der Waals surface area (Å²) < 4.78 is 10.9. The zero-order chi connectivity index (χ0) is 32.4. The molecule has 1 N–H and O–H groups in total. The van der Waals surface area contributed by atoms with Gasteiger partial charge in [0.1, 0.15) is 17.0 Å². The average molecular weight is 630 g/mol. The maximum absolute atomic E-state index is 13.6. The molecule has 4 aromatic rings. The van der Waals surface area contributed by atoms with Gasteiger partial charge in [-0.3, -0.25) is 15.1 Å². The Hall–Kier alpha value is -4.51. The fraction of sp³-hybridized carbons (Fsp3) is 0.382. The van der Waals surface area contributed by atoms with E-state index in [2.05, 4.69) is 15.2 Å². The molecule has 236 valence electrons. The van der Waals surface area contributed by atoms with E-state index >= 15 is 0 Å². The van der Waals surface area contributed by atoms with Gasteiger partial charge in [0.15, 0.2) is 5.78 Å². The topological polar surface area (TPSA) is 114 Å². The Morgan fingerprint density at radius 3 is 2.29 bits per heavy atom. The zero-order valence-corrected chi connectivity index (χ0v) is 27.4. The van der Waals surface area contributed by atoms with E-state index < -0.39 is 17.3 Å². The van der Waals surface area contributed by atoms with E-state index in [-0.39, 0.29) is 18.3 Å². The van der Waals surface area contributed by atoms with Gasteiger partial charge in [0, 0.05) is 48.7 Å². The minimum Gasteiger partial charge on any atom is -0.444 e. The molecule has 2 aromatic carbocycles. The van der Waals surface area contributed by atoms with Gasteiger partial charge in [-0.25, -0.2) is 14.6 Å². The van der Waals surface area contributed by atoms with Gasteiger partial charge in [0.05, 0.1) is 17.2 Å². The number of hydrogen-bond donors (Lipinski definition) is 1. The maximum Gasteiger partial charge on any atom is 0.412 e. The quantitative estimate of drug-likeness (QED) is 0.223. The molecule has 5 rings (SSSR count). The lowest BCUT2D eigenvalue weighted by Crippen LogP contribution is -2.50. The number of nitrogens with zero attached hydrogens (tertiary/aromatic N) is 4. The molecular formula is C34H39N5O5S. The largest absolute Gasteiger partial charge is 0.444 e. The molecule has 11 heteroatoms. The summed E-state index contributed by atoms with van der Waals surface area (Å²) >= 11 is 1.60. The van der Waals surface area contributed by atoms with Gasteiger partial charge in [-0.15, -0.1) is 11.3 Å². The molecule has 10 nitrogen and oxygen atoms in total. The number of piperazine rings is 1. The van der Waals surface area contributed by atoms with Crippen molar-refractivity contribution in [1.29, 1.82) is 0 Å². The molecule has 3 heterocycles. The number of carbonyl (C=O) groups excluding carboxylic acids is 3. The Kier molecular flexibility index (Phi) is 9.11. The number of ether oxygens (including phenoxy) is 2. The third kappa shape index (κ3) is 8.36. The summed E-state index contributed by atoms with van der Waals surface area (Å²) in [4.78, 5) is 52.8. The molecule has 45 heavy (non-hydrogen) atoms. The number of benzene rings is 2. The zero-order valence-electron chi connectivity index (χ0n) is 26.5. The molecule has 0 saturated carbocycles. The second kappa shape index (κ2) is 12.8. The number of Topliss-reactive ketones (excluding diaryl/α,β-unsaturated/α-hetero) is 1. The van der Waals surface area contributed by atoms with E-state index in [4.69, 9.17) is 14.5 Å². The third-order valence-electron chi connectivity index (χ3n) is 7.00. The van der Waals surface area contributed by atoms with Crippen LogP contribution in [0.25, 0.3) is 21.5 Å². The van der Waals surface area contributed by atoms with E-state index in [1.807, 2.05) is 56.5 Å². The fourth-order valence-electron chi connectivity index (χ4n) is 4.92. The number of thiophene rings is 1. The molecule has 1 saturated heterocycles. The Morgan fingerprint density at radius 2 is 1.62 bits per heavy atom. The highest BCUT2D eigenvalue weighted by atomic mass is 32.1. The third-order valence-corrected chi connectivity index (χ3v) is 7.92. The lowest BCUT2D eigenvalue weighted by atomic mass is 9.98. The molecule has 0 unspecified atom stereocenters. The monoisotopic (exact) mass is 629 g/mol. The van der Waals surface area contributed by atoms with E-state index in [0.29, 0.717) is 59.8 Å². The lowest BCUT2D eigenvalue weighted by Gasteiger charge is -2.36. The molecule has 1 aliphatic rings. The van der Waals surface area contributed by atoms with Gasteiger partial charge in [-0.1, -0.05) is 12.1 Å². The first-order chi connectivity index (χ1) is 21.2. The summed E-state index contributed by atoms with van der Waals surface area (Å²) in [5.41, 5.74) is 2.76. The van der Waals surface area contributed by atoms with E-state index in [0.717, 1.165) is 10.4 Å². The summed E-state index contributed by atoms with van der Waals surface area (Å²) in [7, 11) is 0. The predicted octanol–water partition coefficient (Wildman–Crippen LogP) is 7.19. The number of ketones is 1. The van der Waals surface area contributed by atoms with E-state index in [1.54, 1.807) is 61.4 Å². The van der Waals surface area contributed by atoms with Crippen molar-refractivity contribution in [3.63, 3.8) is 0 Å². The average Bonchev–Trinajstić information content (AvgIpc) is 3.51. The van der Waals surface area contributed by atoms with Crippen LogP contribution in [-0.4, -0.2) is 70.2 Å². The van der Waals surface area contributed by atoms with Crippen LogP contribution in [0.15, 0.2) is 60.1 Å². The Labute approximate surface area is 267 Å². The Balaban J connectivity index is 1.30. The molecule has 0 bridgehead atoms. The van der Waals surface area contributed by atoms with Crippen molar-refractivity contribution < 1.29 is 23.9 Å². The summed E-state index contributed by atoms with van der Waals surface area (Å²) in [5.74, 6) is 0.602. The first-order valence-electron chi connectivity index (χ1n) is 14.9. The standard InChI is InChI=1S/C34H39N5O5S/c1-33(2,3)43-31(41)37-25-11-10-23(29-8-7-17-45-29)18-24(25)20-28(40)22-9-12-26-27(19-22)35-21-30(36-26)38-13-15-39(16-14-38)32(42)44-34(4,5)6/h7-12,17-19,21H,13-16,20H2,1-6H3,(H,37,41). The Bertz CT molecular complexity index is 1700. The number of carbonyl (C=O) groups is 3. The fourth-order valence-corrected chi connectivity index (χ4v) is 5.64. The lowest BCUT2D eigenvalue weighted by molar-refractivity contribution is 0.0240. The van der Waals surface area contributed by atoms with Crippen molar-refractivity contribution in [2.45, 2.75) is 59.2 Å². The number of nitrogens with one attached hydrogen (secondary N) is 1. The predicted molar refractivity (Wildman–Crippen MR) is 177 cm³/mol. The highest BCUT2D eigenvalue weighted by Gasteiger charge is 2.27. The number of anilines is 2. The molecular weight excluding hydrogens is 590 g/mol. The molecule has 2 amide bonds. The molecule has 1 fully saturated rings. The molecule has 1 aliphatic heterocycles. The summed E-state index contributed by atoms with van der Waals surface area (Å²) in [5, 5.41) is 4.81. The van der Waals surface area contributed by atoms with Crippen LogP contribution in [0, 0.1) is 0 Å². The van der Waals surface area contributed by atoms with Crippen LogP contribution in [0.4, 0.5) is 21.1 Å². The first kappa shape index (κ1) is 31.9. The van der Waals surface area contributed by atoms with E-state index in [9.17, 15) is 14.4 Å². The summed E-state index contributed by atoms with van der Waals surface area (Å²) in [6, 6.07) is 15.0. The number of amides is 2. The van der Waals surface area contributed by atoms with Crippen LogP contribution in [0.5, 0.6) is 0 Å². The number of aromatic nitrogens is 2. The second-order valence-corrected chi connectivity index (χ2v) is 13.9. The van der Waals surface area contributed by atoms with Gasteiger partial charge < -0.3 is 19.3 Å². The van der Waals surface area contributed by atoms with Crippen LogP contribution < -0.4 is 10.2 Å². The van der Waals surface area contributed by atoms with E-state index in [1.165, 1.54) is 0 Å². The summed E-state index contributed by atoms with van der Waals surface area (Å²) in [6.07, 6.45) is 0.883. The smallest absolute Gasteiger partial charge is 0.412 e. The number of fused-ring (bicyclic) bond motifs is 1. The van der Waals surface area contributed by atoms with Crippen molar-refractivity contribution in [3.8, 4) is 10.4 Å². The van der Waals surface area contributed by atoms with Crippen LogP contribution in [0.2, 0.25) is 0 Å². The van der Waals surface area contributed by atoms with Crippen LogP contribution >= 0.6 is 11.3 Å². The van der Waals surface area contributed by atoms with Gasteiger partial charge in [-0.05, 0) is 94.4 Å². The van der Waals surface area contributed by atoms with Crippen molar-refractivity contribution in [2.75, 3.05) is 36.4 Å². The highest BCUT2D eigenvalue weighted by molar-refractivity contribution is 7.13. The highest BCUT2D eigenvalue weighted by Crippen LogP contribution is 2.30. The molecule has 0 atom stereocenters. The van der Waals surface area contributed by atoms with Crippen LogP contribution in [-0.2, 0) is 15.9 Å². The minimum atomic E-state index is -0.655. The van der Waals surface area contributed by atoms with Crippen LogP contribution in [0.3, 0.4) is 0 Å². The van der Waals surface area contributed by atoms with Gasteiger partial charge in [0.2, 0.25) is 0 Å².